The fourth-order valence-corrected chi connectivity index (χ4v) is 1.41. The monoisotopic (exact) mass is 326 g/mol. The molecule has 0 saturated carbocycles. The Labute approximate surface area is 133 Å². The molecular weight excluding hydrogens is 307 g/mol. The molecule has 0 saturated heterocycles. The molecule has 1 atom stereocenters. The smallest absolute Gasteiger partial charge is 0.344 e. The molecule has 0 fully saturated rings. The van der Waals surface area contributed by atoms with Gasteiger partial charge in [0.2, 0.25) is 0 Å². The van der Waals surface area contributed by atoms with Crippen molar-refractivity contribution < 1.29 is 28.2 Å². The fourth-order valence-electron chi connectivity index (χ4n) is 1.41. The minimum Gasteiger partial charge on any atom is -0.482 e. The van der Waals surface area contributed by atoms with Gasteiger partial charge in [0.25, 0.3) is 5.91 Å². The van der Waals surface area contributed by atoms with E-state index in [1.54, 1.807) is 6.92 Å². The number of rotatable bonds is 7. The molecule has 0 radical (unpaired) electrons. The van der Waals surface area contributed by atoms with E-state index in [4.69, 9.17) is 4.74 Å². The molecule has 0 heterocycles. The van der Waals surface area contributed by atoms with Crippen LogP contribution in [0.5, 0.6) is 5.75 Å². The summed E-state index contributed by atoms with van der Waals surface area (Å²) in [5.41, 5.74) is 0. The maximum absolute atomic E-state index is 12.9. The zero-order valence-corrected chi connectivity index (χ0v) is 12.9. The molecular formula is C15H19FN2O5. The number of carbonyl (C=O) groups is 3. The van der Waals surface area contributed by atoms with Gasteiger partial charge >= 0.3 is 12.0 Å². The lowest BCUT2D eigenvalue weighted by molar-refractivity contribution is -0.150. The van der Waals surface area contributed by atoms with Crippen LogP contribution in [0.1, 0.15) is 20.3 Å². The molecule has 23 heavy (non-hydrogen) atoms. The van der Waals surface area contributed by atoms with E-state index in [9.17, 15) is 18.8 Å². The molecule has 0 aliphatic heterocycles. The van der Waals surface area contributed by atoms with E-state index in [2.05, 4.69) is 10.1 Å². The molecule has 1 aromatic carbocycles. The van der Waals surface area contributed by atoms with Crippen molar-refractivity contribution in [1.82, 2.24) is 10.6 Å². The lowest BCUT2D eigenvalue weighted by Gasteiger charge is -2.12. The summed E-state index contributed by atoms with van der Waals surface area (Å²) in [7, 11) is 0. The summed E-state index contributed by atoms with van der Waals surface area (Å²) in [5, 5.41) is 4.55. The van der Waals surface area contributed by atoms with Gasteiger partial charge in [0.1, 0.15) is 11.6 Å². The van der Waals surface area contributed by atoms with Crippen molar-refractivity contribution in [1.29, 1.82) is 0 Å². The molecule has 0 aliphatic rings. The number of nitrogens with one attached hydrogen (secondary N) is 2. The van der Waals surface area contributed by atoms with Crippen molar-refractivity contribution in [3.05, 3.63) is 30.1 Å². The fraction of sp³-hybridized carbons (Fsp3) is 0.400. The third-order valence-electron chi connectivity index (χ3n) is 2.76. The first-order chi connectivity index (χ1) is 10.9. The number of ether oxygens (including phenoxy) is 2. The number of halogens is 1. The average Bonchev–Trinajstić information content (AvgIpc) is 2.50. The summed E-state index contributed by atoms with van der Waals surface area (Å²) in [5.74, 6) is -1.90. The molecule has 3 amide bonds. The maximum Gasteiger partial charge on any atom is 0.344 e. The number of hydrogen-bond acceptors (Lipinski definition) is 5. The van der Waals surface area contributed by atoms with Crippen molar-refractivity contribution >= 4 is 17.9 Å². The summed E-state index contributed by atoms with van der Waals surface area (Å²) in [6, 6.07) is 4.52. The van der Waals surface area contributed by atoms with E-state index in [0.29, 0.717) is 6.42 Å². The standard InChI is InChI=1S/C15H19FN2O5/c1-3-10(2)17-15(21)18-13(19)8-23-14(20)9-22-12-6-4-5-11(16)7-12/h4-7,10H,3,8-9H2,1-2H3,(H2,17,18,19,21)/t10-/m1/s1. The van der Waals surface area contributed by atoms with Crippen LogP contribution in [-0.2, 0) is 14.3 Å². The molecule has 0 unspecified atom stereocenters. The molecule has 0 spiro atoms. The summed E-state index contributed by atoms with van der Waals surface area (Å²) in [6.07, 6.45) is 0.716. The first-order valence-electron chi connectivity index (χ1n) is 7.05. The molecule has 0 aromatic heterocycles. The first kappa shape index (κ1) is 18.4. The van der Waals surface area contributed by atoms with Crippen LogP contribution in [0.2, 0.25) is 0 Å². The molecule has 126 valence electrons. The maximum atomic E-state index is 12.9. The first-order valence-corrected chi connectivity index (χ1v) is 7.05. The van der Waals surface area contributed by atoms with E-state index < -0.39 is 36.9 Å². The second-order valence-corrected chi connectivity index (χ2v) is 4.74. The summed E-state index contributed by atoms with van der Waals surface area (Å²) < 4.78 is 22.5. The predicted octanol–water partition coefficient (Wildman–Crippen LogP) is 1.37. The number of benzene rings is 1. The van der Waals surface area contributed by atoms with Crippen molar-refractivity contribution in [3.63, 3.8) is 0 Å². The lowest BCUT2D eigenvalue weighted by Crippen LogP contribution is -2.44. The van der Waals surface area contributed by atoms with E-state index >= 15 is 0 Å². The van der Waals surface area contributed by atoms with Gasteiger partial charge in [-0.15, -0.1) is 0 Å². The van der Waals surface area contributed by atoms with Crippen LogP contribution in [0, 0.1) is 5.82 Å². The Morgan fingerprint density at radius 2 is 2.00 bits per heavy atom. The summed E-state index contributed by atoms with van der Waals surface area (Å²) >= 11 is 0. The zero-order valence-electron chi connectivity index (χ0n) is 12.9. The van der Waals surface area contributed by atoms with E-state index in [-0.39, 0.29) is 11.8 Å². The highest BCUT2D eigenvalue weighted by Crippen LogP contribution is 2.11. The van der Waals surface area contributed by atoms with Gasteiger partial charge in [-0.2, -0.15) is 0 Å². The molecule has 7 nitrogen and oxygen atoms in total. The SMILES string of the molecule is CC[C@@H](C)NC(=O)NC(=O)COC(=O)COc1cccc(F)c1. The largest absolute Gasteiger partial charge is 0.482 e. The Kier molecular flexibility index (Phi) is 7.52. The summed E-state index contributed by atoms with van der Waals surface area (Å²) in [4.78, 5) is 34.2. The molecule has 0 bridgehead atoms. The van der Waals surface area contributed by atoms with Crippen molar-refractivity contribution in [3.8, 4) is 5.75 Å². The van der Waals surface area contributed by atoms with E-state index in [1.807, 2.05) is 12.2 Å². The van der Waals surface area contributed by atoms with Crippen LogP contribution in [0.4, 0.5) is 9.18 Å². The number of urea groups is 1. The molecule has 2 N–H and O–H groups in total. The van der Waals surface area contributed by atoms with Crippen LogP contribution in [-0.4, -0.2) is 37.2 Å². The Hall–Kier alpha value is -2.64. The normalized spacial score (nSPS) is 11.3. The highest BCUT2D eigenvalue weighted by Gasteiger charge is 2.12. The third-order valence-corrected chi connectivity index (χ3v) is 2.76. The van der Waals surface area contributed by atoms with Crippen LogP contribution in [0.15, 0.2) is 24.3 Å². The molecule has 0 aliphatic carbocycles. The van der Waals surface area contributed by atoms with Crippen LogP contribution in [0.25, 0.3) is 0 Å². The molecule has 8 heteroatoms. The van der Waals surface area contributed by atoms with Crippen LogP contribution in [0.3, 0.4) is 0 Å². The second kappa shape index (κ2) is 9.39. The Balaban J connectivity index is 2.25. The minimum absolute atomic E-state index is 0.0787. The highest BCUT2D eigenvalue weighted by atomic mass is 19.1. The molecule has 1 rings (SSSR count). The van der Waals surface area contributed by atoms with E-state index in [1.165, 1.54) is 18.2 Å². The number of carbonyl (C=O) groups excluding carboxylic acids is 3. The zero-order chi connectivity index (χ0) is 17.2. The van der Waals surface area contributed by atoms with Gasteiger partial charge in [-0.3, -0.25) is 10.1 Å². The minimum atomic E-state index is -0.813. The quantitative estimate of drug-likeness (QED) is 0.738. The van der Waals surface area contributed by atoms with Crippen molar-refractivity contribution in [2.45, 2.75) is 26.3 Å². The summed E-state index contributed by atoms with van der Waals surface area (Å²) in [6.45, 7) is 2.58. The van der Waals surface area contributed by atoms with Gasteiger partial charge in [0, 0.05) is 12.1 Å². The average molecular weight is 326 g/mol. The Morgan fingerprint density at radius 3 is 2.65 bits per heavy atom. The number of amides is 3. The Bertz CT molecular complexity index is 565. The van der Waals surface area contributed by atoms with Gasteiger partial charge in [0.05, 0.1) is 0 Å². The second-order valence-electron chi connectivity index (χ2n) is 4.74. The van der Waals surface area contributed by atoms with Crippen LogP contribution < -0.4 is 15.4 Å². The van der Waals surface area contributed by atoms with Gasteiger partial charge in [-0.1, -0.05) is 13.0 Å². The van der Waals surface area contributed by atoms with Crippen molar-refractivity contribution in [2.24, 2.45) is 0 Å². The number of imide groups is 1. The van der Waals surface area contributed by atoms with Crippen LogP contribution >= 0.6 is 0 Å². The topological polar surface area (TPSA) is 93.7 Å². The van der Waals surface area contributed by atoms with Gasteiger partial charge < -0.3 is 14.8 Å². The van der Waals surface area contributed by atoms with E-state index in [0.717, 1.165) is 6.07 Å². The van der Waals surface area contributed by atoms with Gasteiger partial charge in [0.15, 0.2) is 13.2 Å². The predicted molar refractivity (Wildman–Crippen MR) is 79.3 cm³/mol. The number of esters is 1. The molecule has 1 aromatic rings. The van der Waals surface area contributed by atoms with Gasteiger partial charge in [-0.25, -0.2) is 14.0 Å². The lowest BCUT2D eigenvalue weighted by atomic mass is 10.3. The third kappa shape index (κ3) is 7.79. The van der Waals surface area contributed by atoms with Gasteiger partial charge in [-0.05, 0) is 25.5 Å². The Morgan fingerprint density at radius 1 is 1.26 bits per heavy atom. The van der Waals surface area contributed by atoms with Crippen molar-refractivity contribution in [2.75, 3.05) is 13.2 Å². The highest BCUT2D eigenvalue weighted by molar-refractivity contribution is 5.95. The number of hydrogen-bond donors (Lipinski definition) is 2.